The van der Waals surface area contributed by atoms with E-state index in [4.69, 9.17) is 37.0 Å². The maximum Gasteiger partial charge on any atom is 0.472 e. The minimum atomic E-state index is -4.98. The van der Waals surface area contributed by atoms with E-state index < -0.39 is 97.5 Å². The van der Waals surface area contributed by atoms with Gasteiger partial charge in [-0.3, -0.25) is 37.3 Å². The van der Waals surface area contributed by atoms with Crippen LogP contribution in [0.5, 0.6) is 0 Å². The summed E-state index contributed by atoms with van der Waals surface area (Å²) >= 11 is 0. The molecule has 3 N–H and O–H groups in total. The molecule has 5 unspecified atom stereocenters. The van der Waals surface area contributed by atoms with Crippen molar-refractivity contribution in [2.75, 3.05) is 39.6 Å². The molecular formula is C75H130O17P2. The first kappa shape index (κ1) is 90.0. The van der Waals surface area contributed by atoms with Crippen LogP contribution in [0.3, 0.4) is 0 Å². The Morgan fingerprint density at radius 2 is 0.553 bits per heavy atom. The number of carbonyl (C=O) groups is 4. The van der Waals surface area contributed by atoms with Crippen LogP contribution in [0, 0.1) is 0 Å². The third-order valence-corrected chi connectivity index (χ3v) is 16.9. The van der Waals surface area contributed by atoms with Crippen molar-refractivity contribution in [3.63, 3.8) is 0 Å². The molecule has 0 saturated heterocycles. The number of rotatable bonds is 68. The Morgan fingerprint density at radius 3 is 0.894 bits per heavy atom. The molecule has 0 rings (SSSR count). The third kappa shape index (κ3) is 66.6. The molecule has 0 saturated carbocycles. The van der Waals surface area contributed by atoms with Crippen molar-refractivity contribution >= 4 is 39.5 Å². The molecule has 0 fully saturated rings. The summed E-state index contributed by atoms with van der Waals surface area (Å²) in [6.07, 6.45) is 68.4. The first-order chi connectivity index (χ1) is 45.7. The number of phosphoric ester groups is 2. The number of carbonyl (C=O) groups excluding carboxylic acids is 4. The Morgan fingerprint density at radius 1 is 0.309 bits per heavy atom. The van der Waals surface area contributed by atoms with E-state index in [0.717, 1.165) is 154 Å². The fraction of sp³-hybridized carbons (Fsp3) is 0.733. The van der Waals surface area contributed by atoms with Crippen LogP contribution in [0.1, 0.15) is 297 Å². The molecule has 5 atom stereocenters. The normalized spacial score (nSPS) is 14.6. The van der Waals surface area contributed by atoms with Gasteiger partial charge in [-0.15, -0.1) is 0 Å². The standard InChI is InChI=1S/C75H130O17P2/c1-5-9-13-17-21-25-29-32-34-37-40-43-47-51-55-59-72(77)85-65-70(91-74(79)61-57-53-49-45-39-28-24-20-16-12-8-4)67-89-93(81,82)87-63-69(76)64-88-94(83,84)90-68-71(92-75(80)62-58-54-50-46-42-36-31-27-23-19-15-11-7-3)66-86-73(78)60-56-52-48-44-41-38-35-33-30-26-22-18-14-10-6-2/h9-10,13-14,21-22,25-27,31-35,40,43,69-71,76H,5-8,11-12,15-20,23-24,28-30,36-39,41-42,44-68H2,1-4H3,(H,81,82)(H,83,84)/b13-9-,14-10-,25-21-,26-22-,31-27-,34-32-,35-33-,43-40-. The Balaban J connectivity index is 5.36. The highest BCUT2D eigenvalue weighted by Crippen LogP contribution is 2.45. The summed E-state index contributed by atoms with van der Waals surface area (Å²) in [6.45, 7) is 4.55. The van der Waals surface area contributed by atoms with Crippen LogP contribution in [0.15, 0.2) is 97.2 Å². The molecule has 0 amide bonds. The maximum absolute atomic E-state index is 13.0. The van der Waals surface area contributed by atoms with Gasteiger partial charge in [0.2, 0.25) is 0 Å². The number of ether oxygens (including phenoxy) is 4. The topological polar surface area (TPSA) is 237 Å². The zero-order valence-electron chi connectivity index (χ0n) is 58.9. The molecule has 17 nitrogen and oxygen atoms in total. The van der Waals surface area contributed by atoms with Crippen molar-refractivity contribution in [3.05, 3.63) is 97.2 Å². The Hall–Kier alpha value is -4.02. The number of hydrogen-bond acceptors (Lipinski definition) is 15. The molecule has 542 valence electrons. The minimum Gasteiger partial charge on any atom is -0.462 e. The summed E-state index contributed by atoms with van der Waals surface area (Å²) in [4.78, 5) is 72.6. The molecule has 19 heteroatoms. The lowest BCUT2D eigenvalue weighted by molar-refractivity contribution is -0.161. The Labute approximate surface area is 569 Å². The second-order valence-electron chi connectivity index (χ2n) is 24.1. The van der Waals surface area contributed by atoms with Crippen molar-refractivity contribution in [2.24, 2.45) is 0 Å². The second-order valence-corrected chi connectivity index (χ2v) is 27.0. The predicted molar refractivity (Wildman–Crippen MR) is 381 cm³/mol. The van der Waals surface area contributed by atoms with Gasteiger partial charge in [-0.25, -0.2) is 9.13 Å². The average molecular weight is 1370 g/mol. The molecule has 0 bridgehead atoms. The van der Waals surface area contributed by atoms with Gasteiger partial charge in [0.05, 0.1) is 26.4 Å². The molecule has 0 aliphatic carbocycles. The minimum absolute atomic E-state index is 0.0805. The zero-order valence-corrected chi connectivity index (χ0v) is 60.7. The van der Waals surface area contributed by atoms with Crippen LogP contribution in [-0.4, -0.2) is 96.7 Å². The van der Waals surface area contributed by atoms with E-state index in [0.29, 0.717) is 25.7 Å². The van der Waals surface area contributed by atoms with E-state index in [-0.39, 0.29) is 25.7 Å². The van der Waals surface area contributed by atoms with Crippen LogP contribution in [-0.2, 0) is 65.4 Å². The van der Waals surface area contributed by atoms with Gasteiger partial charge in [-0.2, -0.15) is 0 Å². The first-order valence-electron chi connectivity index (χ1n) is 36.5. The number of aliphatic hydroxyl groups is 1. The highest BCUT2D eigenvalue weighted by atomic mass is 31.2. The number of hydrogen-bond donors (Lipinski definition) is 3. The quantitative estimate of drug-likeness (QED) is 0.0169. The lowest BCUT2D eigenvalue weighted by Crippen LogP contribution is -2.30. The van der Waals surface area contributed by atoms with Crippen LogP contribution < -0.4 is 0 Å². The highest BCUT2D eigenvalue weighted by molar-refractivity contribution is 7.47. The van der Waals surface area contributed by atoms with Gasteiger partial charge < -0.3 is 33.8 Å². The van der Waals surface area contributed by atoms with Gasteiger partial charge in [-0.1, -0.05) is 247 Å². The molecule has 0 aliphatic rings. The summed E-state index contributed by atoms with van der Waals surface area (Å²) in [5, 5.41) is 10.6. The molecule has 0 radical (unpaired) electrons. The maximum atomic E-state index is 13.0. The van der Waals surface area contributed by atoms with Crippen molar-refractivity contribution in [1.82, 2.24) is 0 Å². The molecule has 0 aromatic rings. The van der Waals surface area contributed by atoms with Crippen LogP contribution in [0.25, 0.3) is 0 Å². The predicted octanol–water partition coefficient (Wildman–Crippen LogP) is 20.4. The Kier molecular flexibility index (Phi) is 64.7. The van der Waals surface area contributed by atoms with Crippen LogP contribution >= 0.6 is 15.6 Å². The van der Waals surface area contributed by atoms with E-state index in [2.05, 4.69) is 125 Å². The van der Waals surface area contributed by atoms with Gasteiger partial charge in [0, 0.05) is 25.7 Å². The number of aliphatic hydroxyl groups excluding tert-OH is 1. The number of unbranched alkanes of at least 4 members (excludes halogenated alkanes) is 26. The summed E-state index contributed by atoms with van der Waals surface area (Å²) in [5.74, 6) is -2.24. The summed E-state index contributed by atoms with van der Waals surface area (Å²) in [6, 6.07) is 0. The van der Waals surface area contributed by atoms with Crippen LogP contribution in [0.2, 0.25) is 0 Å². The van der Waals surface area contributed by atoms with Gasteiger partial charge >= 0.3 is 39.5 Å². The summed E-state index contributed by atoms with van der Waals surface area (Å²) in [7, 11) is -9.95. The fourth-order valence-corrected chi connectivity index (χ4v) is 11.1. The summed E-state index contributed by atoms with van der Waals surface area (Å²) < 4.78 is 68.3. The SMILES string of the molecule is CC/C=C\C/C=C\C/C=C\C/C=C\CCCCC(=O)OCC(COP(=O)(O)OCC(O)COP(=O)(O)OCC(COC(=O)CCCCCCC/C=C\C/C=C\C/C=C\CC)OC(=O)CCCCCCC/C=C\CCCCCC)OC(=O)CCCCCCCCCCCCC. The molecule has 94 heavy (non-hydrogen) atoms. The molecule has 0 aliphatic heterocycles. The molecular weight excluding hydrogens is 1230 g/mol. The van der Waals surface area contributed by atoms with Gasteiger partial charge in [0.1, 0.15) is 19.3 Å². The Bertz CT molecular complexity index is 2170. The van der Waals surface area contributed by atoms with Crippen molar-refractivity contribution in [1.29, 1.82) is 0 Å². The van der Waals surface area contributed by atoms with Gasteiger partial charge in [0.15, 0.2) is 12.2 Å². The number of phosphoric acid groups is 2. The van der Waals surface area contributed by atoms with Gasteiger partial charge in [-0.05, 0) is 122 Å². The highest BCUT2D eigenvalue weighted by Gasteiger charge is 2.30. The van der Waals surface area contributed by atoms with E-state index in [1.54, 1.807) is 0 Å². The van der Waals surface area contributed by atoms with Crippen molar-refractivity contribution in [2.45, 2.75) is 316 Å². The summed E-state index contributed by atoms with van der Waals surface area (Å²) in [5.41, 5.74) is 0. The van der Waals surface area contributed by atoms with E-state index >= 15 is 0 Å². The van der Waals surface area contributed by atoms with E-state index in [9.17, 15) is 43.2 Å². The van der Waals surface area contributed by atoms with Crippen LogP contribution in [0.4, 0.5) is 0 Å². The number of esters is 4. The molecule has 0 spiro atoms. The monoisotopic (exact) mass is 1360 g/mol. The molecule has 0 aromatic heterocycles. The van der Waals surface area contributed by atoms with E-state index in [1.165, 1.54) is 64.2 Å². The lowest BCUT2D eigenvalue weighted by atomic mass is 10.1. The fourth-order valence-electron chi connectivity index (χ4n) is 9.51. The second kappa shape index (κ2) is 67.5. The first-order valence-corrected chi connectivity index (χ1v) is 39.5. The lowest BCUT2D eigenvalue weighted by Gasteiger charge is -2.21. The van der Waals surface area contributed by atoms with Crippen molar-refractivity contribution in [3.8, 4) is 0 Å². The largest absolute Gasteiger partial charge is 0.472 e. The third-order valence-electron chi connectivity index (χ3n) is 15.0. The molecule has 0 heterocycles. The average Bonchev–Trinajstić information content (AvgIpc) is 1.35. The van der Waals surface area contributed by atoms with Crippen molar-refractivity contribution < 1.29 is 80.2 Å². The van der Waals surface area contributed by atoms with E-state index in [1.807, 2.05) is 0 Å². The molecule has 0 aromatic carbocycles. The zero-order chi connectivity index (χ0) is 69.0. The smallest absolute Gasteiger partial charge is 0.462 e. The van der Waals surface area contributed by atoms with Gasteiger partial charge in [0.25, 0.3) is 0 Å². The number of allylic oxidation sites excluding steroid dienone is 16.